The second kappa shape index (κ2) is 10.2. The number of aliphatic hydroxyl groups is 2. The van der Waals surface area contributed by atoms with Crippen molar-refractivity contribution < 1.29 is 43.4 Å². The van der Waals surface area contributed by atoms with Crippen LogP contribution in [-0.4, -0.2) is 69.2 Å². The molecular weight excluding hydrogens is 401 g/mol. The number of phosphoric ester groups is 1. The van der Waals surface area contributed by atoms with Crippen LogP contribution >= 0.6 is 7.82 Å². The van der Waals surface area contributed by atoms with E-state index in [1.54, 1.807) is 0 Å². The summed E-state index contributed by atoms with van der Waals surface area (Å²) < 4.78 is 25.6. The first-order chi connectivity index (χ1) is 12.6. The normalized spacial score (nSPS) is 26.3. The number of anilines is 1. The van der Waals surface area contributed by atoms with Crippen LogP contribution < -0.4 is 15.9 Å². The Kier molecular flexibility index (Phi) is 8.85. The number of hydrogen-bond acceptors (Lipinski definition) is 10. The summed E-state index contributed by atoms with van der Waals surface area (Å²) in [6, 6.07) is 1.28. The third-order valence-electron chi connectivity index (χ3n) is 3.64. The number of ether oxygens (including phenoxy) is 2. The maximum absolute atomic E-state index is 12.1. The fourth-order valence-corrected chi connectivity index (χ4v) is 2.68. The number of nitrogens with zero attached hydrogens (tertiary/aromatic N) is 2. The van der Waals surface area contributed by atoms with Crippen LogP contribution in [0.2, 0.25) is 0 Å². The lowest BCUT2D eigenvalue weighted by molar-refractivity contribution is -0.222. The van der Waals surface area contributed by atoms with Crippen LogP contribution in [0.1, 0.15) is 20.1 Å². The van der Waals surface area contributed by atoms with Crippen molar-refractivity contribution >= 4 is 19.5 Å². The predicted molar refractivity (Wildman–Crippen MR) is 92.1 cm³/mol. The first-order valence-electron chi connectivity index (χ1n) is 7.70. The highest BCUT2D eigenvalue weighted by Gasteiger charge is 2.44. The average Bonchev–Trinajstić information content (AvgIpc) is 2.86. The lowest BCUT2D eigenvalue weighted by atomic mass is 10.1. The van der Waals surface area contributed by atoms with Gasteiger partial charge < -0.3 is 39.3 Å². The Hall–Kier alpha value is -1.70. The van der Waals surface area contributed by atoms with Gasteiger partial charge in [0.25, 0.3) is 7.82 Å². The van der Waals surface area contributed by atoms with Gasteiger partial charge in [-0.3, -0.25) is 13.9 Å². The number of aliphatic hydroxyl groups excluding tert-OH is 2. The summed E-state index contributed by atoms with van der Waals surface area (Å²) in [5.74, 6) is -0.449. The van der Waals surface area contributed by atoms with Crippen LogP contribution in [0, 0.1) is 0 Å². The van der Waals surface area contributed by atoms with Crippen molar-refractivity contribution in [1.82, 2.24) is 9.55 Å². The largest absolute Gasteiger partial charge is 0.756 e. The van der Waals surface area contributed by atoms with Crippen molar-refractivity contribution in [1.29, 1.82) is 0 Å². The predicted octanol–water partition coefficient (Wildman–Crippen LogP) is -2.05. The standard InChI is InChI=1S/C13H20N3O10P.CH4/c1-24-5-3-9(17)14-8-2-4-16(13(20)15-8)12-11(19)10(18)7(26-12)6-25-27(21,22)23;/h2,4,7,10-12,18-19H,3,5-6H2,1H3,(H2,21,22,23)(H,14,15,17,20);1H4/p-1/t7-,10+,11?,12-;/m1./s1. The number of rotatable bonds is 8. The fraction of sp³-hybridized carbons (Fsp3) is 0.643. The first-order valence-corrected chi connectivity index (χ1v) is 9.20. The van der Waals surface area contributed by atoms with Gasteiger partial charge in [-0.15, -0.1) is 0 Å². The molecule has 28 heavy (non-hydrogen) atoms. The lowest BCUT2D eigenvalue weighted by Gasteiger charge is -2.20. The quantitative estimate of drug-likeness (QED) is 0.336. The smallest absolute Gasteiger partial charge is 0.351 e. The molecule has 0 saturated carbocycles. The van der Waals surface area contributed by atoms with Gasteiger partial charge in [-0.05, 0) is 6.07 Å². The molecule has 1 aromatic heterocycles. The van der Waals surface area contributed by atoms with Crippen LogP contribution in [0.25, 0.3) is 0 Å². The average molecular weight is 424 g/mol. The molecule has 1 amide bonds. The van der Waals surface area contributed by atoms with Gasteiger partial charge in [-0.25, -0.2) is 4.79 Å². The number of phosphoric acid groups is 1. The van der Waals surface area contributed by atoms with E-state index in [0.29, 0.717) is 0 Å². The summed E-state index contributed by atoms with van der Waals surface area (Å²) in [5, 5.41) is 22.3. The highest BCUT2D eigenvalue weighted by atomic mass is 31.2. The maximum atomic E-state index is 12.1. The Morgan fingerprint density at radius 1 is 1.46 bits per heavy atom. The Balaban J connectivity index is 0.00000392. The third-order valence-corrected chi connectivity index (χ3v) is 4.12. The molecule has 0 spiro atoms. The number of carbonyl (C=O) groups is 1. The lowest BCUT2D eigenvalue weighted by Crippen LogP contribution is -2.36. The molecular formula is C14H23N3O10P-. The van der Waals surface area contributed by atoms with Crippen molar-refractivity contribution in [2.75, 3.05) is 25.6 Å². The molecule has 1 saturated heterocycles. The summed E-state index contributed by atoms with van der Waals surface area (Å²) >= 11 is 0. The molecule has 2 heterocycles. The molecule has 0 radical (unpaired) electrons. The number of aromatic nitrogens is 2. The van der Waals surface area contributed by atoms with Crippen molar-refractivity contribution in [3.8, 4) is 0 Å². The van der Waals surface area contributed by atoms with E-state index in [2.05, 4.69) is 14.8 Å². The summed E-state index contributed by atoms with van der Waals surface area (Å²) in [6.45, 7) is -0.571. The van der Waals surface area contributed by atoms with Crippen LogP contribution in [0.5, 0.6) is 0 Å². The van der Waals surface area contributed by atoms with Gasteiger partial charge in [0.1, 0.15) is 24.1 Å². The molecule has 2 unspecified atom stereocenters. The van der Waals surface area contributed by atoms with E-state index >= 15 is 0 Å². The topological polar surface area (TPSA) is 192 Å². The SMILES string of the molecule is C.COCCC(=O)Nc1ccn([C@@H]2O[C@H](COP(=O)([O-])O)[C@H](O)C2O)c(=O)n1. The van der Waals surface area contributed by atoms with Crippen LogP contribution in [-0.2, 0) is 23.4 Å². The molecule has 0 aromatic carbocycles. The zero-order valence-corrected chi connectivity index (χ0v) is 15.0. The first kappa shape index (κ1) is 24.3. The highest BCUT2D eigenvalue weighted by Crippen LogP contribution is 2.34. The van der Waals surface area contributed by atoms with Crippen molar-refractivity contribution in [3.05, 3.63) is 22.7 Å². The van der Waals surface area contributed by atoms with Gasteiger partial charge in [0.2, 0.25) is 5.91 Å². The summed E-state index contributed by atoms with van der Waals surface area (Å²) in [4.78, 5) is 46.6. The van der Waals surface area contributed by atoms with E-state index in [4.69, 9.17) is 14.4 Å². The van der Waals surface area contributed by atoms with E-state index in [-0.39, 0.29) is 26.3 Å². The van der Waals surface area contributed by atoms with Gasteiger partial charge in [-0.2, -0.15) is 4.98 Å². The maximum Gasteiger partial charge on any atom is 0.351 e. The minimum Gasteiger partial charge on any atom is -0.756 e. The van der Waals surface area contributed by atoms with Crippen molar-refractivity contribution in [2.45, 2.75) is 38.4 Å². The van der Waals surface area contributed by atoms with Gasteiger partial charge in [0.05, 0.1) is 19.6 Å². The molecule has 160 valence electrons. The Morgan fingerprint density at radius 2 is 2.14 bits per heavy atom. The zero-order chi connectivity index (χ0) is 20.2. The number of methoxy groups -OCH3 is 1. The zero-order valence-electron chi connectivity index (χ0n) is 14.1. The van der Waals surface area contributed by atoms with Crippen LogP contribution in [0.15, 0.2) is 17.1 Å². The van der Waals surface area contributed by atoms with E-state index in [0.717, 1.165) is 4.57 Å². The van der Waals surface area contributed by atoms with Crippen LogP contribution in [0.4, 0.5) is 5.82 Å². The van der Waals surface area contributed by atoms with Gasteiger partial charge in [0, 0.05) is 13.3 Å². The molecule has 1 aliphatic heterocycles. The Morgan fingerprint density at radius 3 is 2.71 bits per heavy atom. The number of carbonyl (C=O) groups excluding carboxylic acids is 1. The monoisotopic (exact) mass is 424 g/mol. The Bertz CT molecular complexity index is 766. The minimum absolute atomic E-state index is 0. The van der Waals surface area contributed by atoms with Gasteiger partial charge in [0.15, 0.2) is 6.23 Å². The molecule has 5 atom stereocenters. The van der Waals surface area contributed by atoms with Gasteiger partial charge in [-0.1, -0.05) is 7.43 Å². The molecule has 13 nitrogen and oxygen atoms in total. The van der Waals surface area contributed by atoms with Crippen molar-refractivity contribution in [3.63, 3.8) is 0 Å². The Labute approximate surface area is 160 Å². The summed E-state index contributed by atoms with van der Waals surface area (Å²) in [5.41, 5.74) is -0.894. The summed E-state index contributed by atoms with van der Waals surface area (Å²) in [7, 11) is -3.61. The number of amides is 1. The molecule has 0 aliphatic carbocycles. The molecule has 1 aromatic rings. The molecule has 1 fully saturated rings. The fourth-order valence-electron chi connectivity index (χ4n) is 2.34. The molecule has 0 bridgehead atoms. The summed E-state index contributed by atoms with van der Waals surface area (Å²) in [6.07, 6.45) is -4.63. The van der Waals surface area contributed by atoms with Gasteiger partial charge >= 0.3 is 5.69 Å². The number of hydrogen-bond donors (Lipinski definition) is 4. The van der Waals surface area contributed by atoms with E-state index < -0.39 is 50.6 Å². The molecule has 14 heteroatoms. The molecule has 1 aliphatic rings. The second-order valence-corrected chi connectivity index (χ2v) is 6.80. The van der Waals surface area contributed by atoms with Crippen molar-refractivity contribution in [2.24, 2.45) is 0 Å². The highest BCUT2D eigenvalue weighted by molar-refractivity contribution is 7.44. The second-order valence-electron chi connectivity index (χ2n) is 5.60. The molecule has 2 rings (SSSR count). The third kappa shape index (κ3) is 6.43. The van der Waals surface area contributed by atoms with E-state index in [1.165, 1.54) is 19.4 Å². The van der Waals surface area contributed by atoms with E-state index in [1.807, 2.05) is 0 Å². The minimum atomic E-state index is -5.05. The van der Waals surface area contributed by atoms with E-state index in [9.17, 15) is 29.3 Å². The molecule has 4 N–H and O–H groups in total. The number of nitrogens with one attached hydrogen (secondary N) is 1. The van der Waals surface area contributed by atoms with Crippen LogP contribution in [0.3, 0.4) is 0 Å².